The van der Waals surface area contributed by atoms with E-state index in [0.29, 0.717) is 13.1 Å². The number of methoxy groups -OCH3 is 1. The number of nitrogens with one attached hydrogen (secondary N) is 2. The molecule has 0 aliphatic carbocycles. The highest BCUT2D eigenvalue weighted by Gasteiger charge is 2.03. The summed E-state index contributed by atoms with van der Waals surface area (Å²) in [6, 6.07) is 13.8. The maximum absolute atomic E-state index is 5.25. The molecule has 0 fully saturated rings. The van der Waals surface area contributed by atoms with Crippen molar-refractivity contribution in [2.75, 3.05) is 14.2 Å². The van der Waals surface area contributed by atoms with Crippen molar-refractivity contribution < 1.29 is 4.74 Å². The van der Waals surface area contributed by atoms with Crippen molar-refractivity contribution >= 4 is 29.9 Å². The average molecular weight is 478 g/mol. The van der Waals surface area contributed by atoms with Crippen LogP contribution in [-0.2, 0) is 13.1 Å². The highest BCUT2D eigenvalue weighted by molar-refractivity contribution is 14.0. The third-order valence-corrected chi connectivity index (χ3v) is 3.83. The minimum Gasteiger partial charge on any atom is -0.497 e. The van der Waals surface area contributed by atoms with E-state index in [1.54, 1.807) is 31.2 Å². The lowest BCUT2D eigenvalue weighted by molar-refractivity contribution is 0.414. The largest absolute Gasteiger partial charge is 0.497 e. The van der Waals surface area contributed by atoms with E-state index in [0.717, 1.165) is 28.7 Å². The SMILES string of the molecule is CN=C(NCc1cccc(OC)c1)NCc1ccnc(-n2cccn2)c1.I. The smallest absolute Gasteiger partial charge is 0.191 e. The van der Waals surface area contributed by atoms with Gasteiger partial charge in [-0.05, 0) is 41.5 Å². The summed E-state index contributed by atoms with van der Waals surface area (Å²) in [7, 11) is 3.42. The monoisotopic (exact) mass is 478 g/mol. The molecule has 0 atom stereocenters. The maximum atomic E-state index is 5.25. The van der Waals surface area contributed by atoms with Gasteiger partial charge in [0.1, 0.15) is 5.75 Å². The van der Waals surface area contributed by atoms with Crippen LogP contribution in [0.2, 0.25) is 0 Å². The van der Waals surface area contributed by atoms with Gasteiger partial charge in [-0.2, -0.15) is 5.10 Å². The number of pyridine rings is 1. The Labute approximate surface area is 175 Å². The maximum Gasteiger partial charge on any atom is 0.191 e. The molecule has 1 aromatic carbocycles. The van der Waals surface area contributed by atoms with Crippen LogP contribution >= 0.6 is 24.0 Å². The van der Waals surface area contributed by atoms with Crippen LogP contribution in [0.15, 0.2) is 66.0 Å². The lowest BCUT2D eigenvalue weighted by atomic mass is 10.2. The molecule has 0 saturated carbocycles. The molecule has 7 nitrogen and oxygen atoms in total. The number of nitrogens with zero attached hydrogens (tertiary/aromatic N) is 4. The number of hydrogen-bond donors (Lipinski definition) is 2. The van der Waals surface area contributed by atoms with Gasteiger partial charge in [0.05, 0.1) is 7.11 Å². The topological polar surface area (TPSA) is 76.4 Å². The van der Waals surface area contributed by atoms with E-state index < -0.39 is 0 Å². The van der Waals surface area contributed by atoms with Gasteiger partial charge in [-0.15, -0.1) is 24.0 Å². The first-order valence-corrected chi connectivity index (χ1v) is 8.31. The van der Waals surface area contributed by atoms with Crippen LogP contribution in [0.5, 0.6) is 5.75 Å². The van der Waals surface area contributed by atoms with Gasteiger partial charge in [-0.3, -0.25) is 4.99 Å². The van der Waals surface area contributed by atoms with Crippen molar-refractivity contribution in [3.05, 3.63) is 72.2 Å². The molecule has 8 heteroatoms. The van der Waals surface area contributed by atoms with E-state index in [-0.39, 0.29) is 24.0 Å². The van der Waals surface area contributed by atoms with E-state index >= 15 is 0 Å². The van der Waals surface area contributed by atoms with E-state index in [2.05, 4.69) is 25.7 Å². The van der Waals surface area contributed by atoms with Gasteiger partial charge in [0.25, 0.3) is 0 Å². The van der Waals surface area contributed by atoms with Crippen LogP contribution in [0.4, 0.5) is 0 Å². The van der Waals surface area contributed by atoms with Crippen molar-refractivity contribution in [1.82, 2.24) is 25.4 Å². The molecule has 0 amide bonds. The van der Waals surface area contributed by atoms with E-state index in [1.165, 1.54) is 0 Å². The molecule has 3 aromatic rings. The Morgan fingerprint density at radius 3 is 2.52 bits per heavy atom. The summed E-state index contributed by atoms with van der Waals surface area (Å²) in [4.78, 5) is 8.60. The number of halogens is 1. The Hall–Kier alpha value is -2.62. The van der Waals surface area contributed by atoms with Crippen molar-refractivity contribution in [3.63, 3.8) is 0 Å². The van der Waals surface area contributed by atoms with Crippen LogP contribution in [0.25, 0.3) is 5.82 Å². The first kappa shape index (κ1) is 20.7. The van der Waals surface area contributed by atoms with E-state index in [4.69, 9.17) is 4.74 Å². The van der Waals surface area contributed by atoms with Gasteiger partial charge < -0.3 is 15.4 Å². The number of ether oxygens (including phenoxy) is 1. The number of benzene rings is 1. The fourth-order valence-electron chi connectivity index (χ4n) is 2.47. The van der Waals surface area contributed by atoms with E-state index in [1.807, 2.05) is 48.7 Å². The van der Waals surface area contributed by atoms with Crippen molar-refractivity contribution in [2.45, 2.75) is 13.1 Å². The summed E-state index contributed by atoms with van der Waals surface area (Å²) in [5.74, 6) is 2.36. The van der Waals surface area contributed by atoms with Gasteiger partial charge in [0.15, 0.2) is 11.8 Å². The average Bonchev–Trinajstić information content (AvgIpc) is 3.23. The zero-order chi connectivity index (χ0) is 18.2. The molecule has 2 heterocycles. The molecular weight excluding hydrogens is 455 g/mol. The summed E-state index contributed by atoms with van der Waals surface area (Å²) in [6.07, 6.45) is 5.38. The lowest BCUT2D eigenvalue weighted by Gasteiger charge is -2.13. The Kier molecular flexibility index (Phi) is 8.05. The predicted octanol–water partition coefficient (Wildman–Crippen LogP) is 2.76. The Morgan fingerprint density at radius 1 is 1.07 bits per heavy atom. The summed E-state index contributed by atoms with van der Waals surface area (Å²) >= 11 is 0. The molecule has 27 heavy (non-hydrogen) atoms. The summed E-state index contributed by atoms with van der Waals surface area (Å²) in [6.45, 7) is 1.29. The number of hydrogen-bond acceptors (Lipinski definition) is 4. The molecule has 142 valence electrons. The second-order valence-electron chi connectivity index (χ2n) is 5.60. The minimum atomic E-state index is 0. The summed E-state index contributed by atoms with van der Waals surface area (Å²) in [5, 5.41) is 10.8. The van der Waals surface area contributed by atoms with Crippen LogP contribution in [0.3, 0.4) is 0 Å². The molecule has 0 saturated heterocycles. The molecule has 0 radical (unpaired) electrons. The third-order valence-electron chi connectivity index (χ3n) is 3.83. The predicted molar refractivity (Wildman–Crippen MR) is 117 cm³/mol. The van der Waals surface area contributed by atoms with Gasteiger partial charge in [-0.1, -0.05) is 12.1 Å². The number of rotatable bonds is 6. The molecule has 0 unspecified atom stereocenters. The van der Waals surface area contributed by atoms with Crippen LogP contribution < -0.4 is 15.4 Å². The normalized spacial score (nSPS) is 10.8. The molecule has 2 N–H and O–H groups in total. The molecular formula is C19H23IN6O. The summed E-state index contributed by atoms with van der Waals surface area (Å²) < 4.78 is 6.98. The minimum absolute atomic E-state index is 0. The van der Waals surface area contributed by atoms with Gasteiger partial charge in [-0.25, -0.2) is 9.67 Å². The quantitative estimate of drug-likeness (QED) is 0.324. The zero-order valence-electron chi connectivity index (χ0n) is 15.3. The first-order chi connectivity index (χ1) is 12.8. The number of aliphatic imine (C=N–C) groups is 1. The van der Waals surface area contributed by atoms with Crippen LogP contribution in [0, 0.1) is 0 Å². The lowest BCUT2D eigenvalue weighted by Crippen LogP contribution is -2.36. The second-order valence-corrected chi connectivity index (χ2v) is 5.60. The van der Waals surface area contributed by atoms with Crippen molar-refractivity contribution in [3.8, 4) is 11.6 Å². The number of aromatic nitrogens is 3. The number of guanidine groups is 1. The highest BCUT2D eigenvalue weighted by atomic mass is 127. The standard InChI is InChI=1S/C19H22N6O.HI/c1-20-19(22-13-15-5-3-6-17(11-15)26-2)23-14-16-7-9-21-18(12-16)25-10-4-8-24-25;/h3-12H,13-14H2,1-2H3,(H2,20,22,23);1H. The van der Waals surface area contributed by atoms with Gasteiger partial charge in [0.2, 0.25) is 0 Å². The van der Waals surface area contributed by atoms with Crippen LogP contribution in [0.1, 0.15) is 11.1 Å². The Bertz CT molecular complexity index is 866. The molecule has 0 aliphatic heterocycles. The van der Waals surface area contributed by atoms with Crippen LogP contribution in [-0.4, -0.2) is 34.9 Å². The Morgan fingerprint density at radius 2 is 1.85 bits per heavy atom. The molecule has 0 spiro atoms. The summed E-state index contributed by atoms with van der Waals surface area (Å²) in [5.41, 5.74) is 2.21. The first-order valence-electron chi connectivity index (χ1n) is 8.31. The van der Waals surface area contributed by atoms with Crippen molar-refractivity contribution in [1.29, 1.82) is 0 Å². The highest BCUT2D eigenvalue weighted by Crippen LogP contribution is 2.12. The molecule has 2 aromatic heterocycles. The zero-order valence-corrected chi connectivity index (χ0v) is 17.6. The Balaban J connectivity index is 0.00000261. The van der Waals surface area contributed by atoms with Crippen molar-refractivity contribution in [2.24, 2.45) is 4.99 Å². The fourth-order valence-corrected chi connectivity index (χ4v) is 2.47. The third kappa shape index (κ3) is 5.95. The van der Waals surface area contributed by atoms with Gasteiger partial charge >= 0.3 is 0 Å². The van der Waals surface area contributed by atoms with Gasteiger partial charge in [0, 0.05) is 38.7 Å². The molecule has 0 bridgehead atoms. The molecule has 3 rings (SSSR count). The molecule has 0 aliphatic rings. The second kappa shape index (κ2) is 10.5. The fraction of sp³-hybridized carbons (Fsp3) is 0.211. The van der Waals surface area contributed by atoms with E-state index in [9.17, 15) is 0 Å².